The van der Waals surface area contributed by atoms with Crippen molar-refractivity contribution in [3.05, 3.63) is 21.4 Å². The molecular formula is C7H6F2O2S. The predicted octanol–water partition coefficient (Wildman–Crippen LogP) is 2.69. The van der Waals surface area contributed by atoms with Crippen LogP contribution in [0.2, 0.25) is 0 Å². The number of aromatic carboxylic acids is 1. The molecule has 0 radical (unpaired) electrons. The summed E-state index contributed by atoms with van der Waals surface area (Å²) in [6.07, 6.45) is -2.71. The Labute approximate surface area is 71.5 Å². The van der Waals surface area contributed by atoms with Gasteiger partial charge < -0.3 is 5.11 Å². The summed E-state index contributed by atoms with van der Waals surface area (Å²) in [6, 6.07) is 0. The zero-order chi connectivity index (χ0) is 9.30. The lowest BCUT2D eigenvalue weighted by Crippen LogP contribution is -1.98. The van der Waals surface area contributed by atoms with E-state index in [4.69, 9.17) is 5.11 Å². The number of hydrogen-bond donors (Lipinski definition) is 1. The minimum atomic E-state index is -2.71. The first kappa shape index (κ1) is 9.12. The first-order valence-corrected chi connectivity index (χ1v) is 4.01. The molecule has 0 amide bonds. The number of carboxylic acid groups (broad SMARTS) is 1. The number of halogens is 2. The summed E-state index contributed by atoms with van der Waals surface area (Å²) in [5.74, 6) is -1.29. The SMILES string of the molecule is Cc1csc(C(=O)O)c1C(F)F. The van der Waals surface area contributed by atoms with Crippen LogP contribution in [-0.4, -0.2) is 11.1 Å². The first-order valence-electron chi connectivity index (χ1n) is 3.13. The maximum Gasteiger partial charge on any atom is 0.346 e. The van der Waals surface area contributed by atoms with Gasteiger partial charge in [-0.05, 0) is 17.9 Å². The van der Waals surface area contributed by atoms with Gasteiger partial charge in [0.15, 0.2) is 0 Å². The zero-order valence-electron chi connectivity index (χ0n) is 6.17. The summed E-state index contributed by atoms with van der Waals surface area (Å²) >= 11 is 0.833. The zero-order valence-corrected chi connectivity index (χ0v) is 6.99. The van der Waals surface area contributed by atoms with Gasteiger partial charge in [0.1, 0.15) is 4.88 Å². The molecule has 0 spiro atoms. The molecule has 0 aromatic carbocycles. The Morgan fingerprint density at radius 1 is 1.67 bits per heavy atom. The maximum absolute atomic E-state index is 12.2. The molecular weight excluding hydrogens is 186 g/mol. The van der Waals surface area contributed by atoms with E-state index >= 15 is 0 Å². The molecule has 0 aliphatic heterocycles. The van der Waals surface area contributed by atoms with Crippen LogP contribution >= 0.6 is 11.3 Å². The van der Waals surface area contributed by atoms with Crippen LogP contribution in [0.3, 0.4) is 0 Å². The fourth-order valence-electron chi connectivity index (χ4n) is 0.890. The van der Waals surface area contributed by atoms with E-state index in [1.54, 1.807) is 0 Å². The molecule has 0 aliphatic carbocycles. The van der Waals surface area contributed by atoms with Crippen LogP contribution in [0.15, 0.2) is 5.38 Å². The van der Waals surface area contributed by atoms with Gasteiger partial charge in [-0.3, -0.25) is 0 Å². The van der Waals surface area contributed by atoms with Crippen LogP contribution in [0.5, 0.6) is 0 Å². The summed E-state index contributed by atoms with van der Waals surface area (Å²) in [4.78, 5) is 10.2. The van der Waals surface area contributed by atoms with Gasteiger partial charge >= 0.3 is 5.97 Å². The van der Waals surface area contributed by atoms with Crippen LogP contribution in [0.4, 0.5) is 8.78 Å². The van der Waals surface area contributed by atoms with E-state index in [-0.39, 0.29) is 10.4 Å². The number of carbonyl (C=O) groups is 1. The minimum absolute atomic E-state index is 0.262. The van der Waals surface area contributed by atoms with Gasteiger partial charge in [0, 0.05) is 5.56 Å². The van der Waals surface area contributed by atoms with Crippen molar-refractivity contribution in [2.75, 3.05) is 0 Å². The average molecular weight is 192 g/mol. The van der Waals surface area contributed by atoms with Gasteiger partial charge in [-0.25, -0.2) is 13.6 Å². The van der Waals surface area contributed by atoms with E-state index in [1.807, 2.05) is 0 Å². The van der Waals surface area contributed by atoms with Gasteiger partial charge in [-0.1, -0.05) is 0 Å². The number of alkyl halides is 2. The predicted molar refractivity (Wildman–Crippen MR) is 41.0 cm³/mol. The monoisotopic (exact) mass is 192 g/mol. The van der Waals surface area contributed by atoms with E-state index in [1.165, 1.54) is 12.3 Å². The maximum atomic E-state index is 12.2. The van der Waals surface area contributed by atoms with E-state index in [0.717, 1.165) is 11.3 Å². The highest BCUT2D eigenvalue weighted by molar-refractivity contribution is 7.12. The molecule has 0 bridgehead atoms. The third kappa shape index (κ3) is 1.45. The molecule has 1 N–H and O–H groups in total. The van der Waals surface area contributed by atoms with Crippen LogP contribution in [0.25, 0.3) is 0 Å². The molecule has 1 rings (SSSR count). The Morgan fingerprint density at radius 2 is 2.25 bits per heavy atom. The summed E-state index contributed by atoms with van der Waals surface area (Å²) < 4.78 is 24.5. The summed E-state index contributed by atoms with van der Waals surface area (Å²) in [7, 11) is 0. The lowest BCUT2D eigenvalue weighted by molar-refractivity contribution is 0.0691. The number of aryl methyl sites for hydroxylation is 1. The van der Waals surface area contributed by atoms with Crippen LogP contribution < -0.4 is 0 Å². The molecule has 12 heavy (non-hydrogen) atoms. The Balaban J connectivity index is 3.21. The normalized spacial score (nSPS) is 10.7. The summed E-state index contributed by atoms with van der Waals surface area (Å²) in [6.45, 7) is 1.48. The van der Waals surface area contributed by atoms with Gasteiger partial charge in [-0.15, -0.1) is 11.3 Å². The Hall–Kier alpha value is -0.970. The second-order valence-electron chi connectivity index (χ2n) is 2.27. The second kappa shape index (κ2) is 3.18. The molecule has 0 saturated heterocycles. The Bertz CT molecular complexity index is 306. The lowest BCUT2D eigenvalue weighted by Gasteiger charge is -1.98. The van der Waals surface area contributed by atoms with Crippen molar-refractivity contribution in [1.29, 1.82) is 0 Å². The van der Waals surface area contributed by atoms with E-state index in [9.17, 15) is 13.6 Å². The number of rotatable bonds is 2. The summed E-state index contributed by atoms with van der Waals surface area (Å²) in [5.41, 5.74) is -0.0140. The molecule has 0 atom stereocenters. The standard InChI is InChI=1S/C7H6F2O2S/c1-3-2-12-5(7(10)11)4(3)6(8)9/h2,6H,1H3,(H,10,11). The molecule has 1 aromatic heterocycles. The molecule has 0 aliphatic rings. The fraction of sp³-hybridized carbons (Fsp3) is 0.286. The molecule has 0 unspecified atom stereocenters. The molecule has 5 heteroatoms. The minimum Gasteiger partial charge on any atom is -0.477 e. The topological polar surface area (TPSA) is 37.3 Å². The van der Waals surface area contributed by atoms with Crippen molar-refractivity contribution < 1.29 is 18.7 Å². The summed E-state index contributed by atoms with van der Waals surface area (Å²) in [5, 5.41) is 9.93. The molecule has 1 heterocycles. The number of carboxylic acids is 1. The van der Waals surface area contributed by atoms with Gasteiger partial charge in [0.05, 0.1) is 0 Å². The van der Waals surface area contributed by atoms with Gasteiger partial charge in [0.2, 0.25) is 0 Å². The number of thiophene rings is 1. The van der Waals surface area contributed by atoms with Gasteiger partial charge in [0.25, 0.3) is 6.43 Å². The third-order valence-corrected chi connectivity index (χ3v) is 2.54. The first-order chi connectivity index (χ1) is 5.54. The van der Waals surface area contributed by atoms with Crippen LogP contribution in [-0.2, 0) is 0 Å². The second-order valence-corrected chi connectivity index (χ2v) is 3.15. The highest BCUT2D eigenvalue weighted by Gasteiger charge is 2.21. The molecule has 0 saturated carbocycles. The molecule has 2 nitrogen and oxygen atoms in total. The highest BCUT2D eigenvalue weighted by Crippen LogP contribution is 2.30. The Kier molecular flexibility index (Phi) is 2.42. The van der Waals surface area contributed by atoms with Crippen LogP contribution in [0.1, 0.15) is 27.2 Å². The lowest BCUT2D eigenvalue weighted by atomic mass is 10.2. The highest BCUT2D eigenvalue weighted by atomic mass is 32.1. The van der Waals surface area contributed by atoms with E-state index in [2.05, 4.69) is 0 Å². The Morgan fingerprint density at radius 3 is 2.58 bits per heavy atom. The molecule has 0 fully saturated rings. The smallest absolute Gasteiger partial charge is 0.346 e. The van der Waals surface area contributed by atoms with Crippen molar-refractivity contribution >= 4 is 17.3 Å². The van der Waals surface area contributed by atoms with Crippen molar-refractivity contribution in [3.8, 4) is 0 Å². The van der Waals surface area contributed by atoms with Gasteiger partial charge in [-0.2, -0.15) is 0 Å². The quantitative estimate of drug-likeness (QED) is 0.782. The largest absolute Gasteiger partial charge is 0.477 e. The third-order valence-electron chi connectivity index (χ3n) is 1.44. The van der Waals surface area contributed by atoms with Crippen molar-refractivity contribution in [2.24, 2.45) is 0 Å². The molecule has 66 valence electrons. The fourth-order valence-corrected chi connectivity index (χ4v) is 1.79. The van der Waals surface area contributed by atoms with Crippen molar-refractivity contribution in [1.82, 2.24) is 0 Å². The molecule has 1 aromatic rings. The van der Waals surface area contributed by atoms with E-state index < -0.39 is 12.4 Å². The van der Waals surface area contributed by atoms with E-state index in [0.29, 0.717) is 5.56 Å². The van der Waals surface area contributed by atoms with Crippen molar-refractivity contribution in [2.45, 2.75) is 13.3 Å². The average Bonchev–Trinajstić information content (AvgIpc) is 2.30. The van der Waals surface area contributed by atoms with Crippen molar-refractivity contribution in [3.63, 3.8) is 0 Å². The van der Waals surface area contributed by atoms with Crippen LogP contribution in [0, 0.1) is 6.92 Å². The number of hydrogen-bond acceptors (Lipinski definition) is 2.